The second-order valence-electron chi connectivity index (χ2n) is 4.69. The third-order valence-electron chi connectivity index (χ3n) is 3.13. The molecule has 0 fully saturated rings. The van der Waals surface area contributed by atoms with Gasteiger partial charge in [0.05, 0.1) is 18.8 Å². The highest BCUT2D eigenvalue weighted by atomic mass is 79.9. The highest BCUT2D eigenvalue weighted by molar-refractivity contribution is 9.10. The van der Waals surface area contributed by atoms with Crippen LogP contribution in [0.5, 0.6) is 0 Å². The molecule has 1 atom stereocenters. The average molecular weight is 324 g/mol. The van der Waals surface area contributed by atoms with Gasteiger partial charge in [-0.25, -0.2) is 0 Å². The number of aromatic nitrogens is 2. The molecule has 2 aromatic rings. The molecular weight excluding hydrogens is 306 g/mol. The summed E-state index contributed by atoms with van der Waals surface area (Å²) in [5.74, 6) is 0. The predicted molar refractivity (Wildman–Crippen MR) is 78.6 cm³/mol. The van der Waals surface area contributed by atoms with Gasteiger partial charge in [0.25, 0.3) is 0 Å². The molecule has 5 heteroatoms. The summed E-state index contributed by atoms with van der Waals surface area (Å²) in [6.45, 7) is 0.846. The standard InChI is InChI=1S/C14H18BrN3O/c1-17(8-11-7-16-18(2)9-11)14(10-19)12-4-3-5-13(15)6-12/h3-7,9,14,19H,8,10H2,1-2H3/t14-/m0/s1. The SMILES string of the molecule is CN(Cc1cnn(C)c1)[C@@H](CO)c1cccc(Br)c1. The van der Waals surface area contributed by atoms with E-state index in [4.69, 9.17) is 0 Å². The van der Waals surface area contributed by atoms with Gasteiger partial charge in [-0.2, -0.15) is 5.10 Å². The van der Waals surface area contributed by atoms with Crippen LogP contribution in [0.15, 0.2) is 41.1 Å². The van der Waals surface area contributed by atoms with E-state index < -0.39 is 0 Å². The zero-order chi connectivity index (χ0) is 13.8. The van der Waals surface area contributed by atoms with Gasteiger partial charge < -0.3 is 5.11 Å². The summed E-state index contributed by atoms with van der Waals surface area (Å²) in [6.07, 6.45) is 3.84. The maximum Gasteiger partial charge on any atom is 0.0628 e. The quantitative estimate of drug-likeness (QED) is 0.918. The molecule has 2 rings (SSSR count). The molecule has 4 nitrogen and oxygen atoms in total. The number of nitrogens with zero attached hydrogens (tertiary/aromatic N) is 3. The van der Waals surface area contributed by atoms with Crippen molar-refractivity contribution in [2.45, 2.75) is 12.6 Å². The maximum absolute atomic E-state index is 9.65. The van der Waals surface area contributed by atoms with Crippen LogP contribution in [0.4, 0.5) is 0 Å². The van der Waals surface area contributed by atoms with Gasteiger partial charge in [0.15, 0.2) is 0 Å². The van der Waals surface area contributed by atoms with Gasteiger partial charge in [-0.05, 0) is 24.7 Å². The van der Waals surface area contributed by atoms with Crippen molar-refractivity contribution in [2.75, 3.05) is 13.7 Å². The Labute approximate surface area is 121 Å². The normalized spacial score (nSPS) is 12.9. The summed E-state index contributed by atoms with van der Waals surface area (Å²) in [6, 6.07) is 8.03. The highest BCUT2D eigenvalue weighted by Crippen LogP contribution is 2.23. The molecule has 0 radical (unpaired) electrons. The number of likely N-dealkylation sites (N-methyl/N-ethyl adjacent to an activating group) is 1. The van der Waals surface area contributed by atoms with Crippen molar-refractivity contribution in [3.05, 3.63) is 52.3 Å². The maximum atomic E-state index is 9.65. The fourth-order valence-electron chi connectivity index (χ4n) is 2.16. The van der Waals surface area contributed by atoms with E-state index in [0.29, 0.717) is 0 Å². The third kappa shape index (κ3) is 3.65. The summed E-state index contributed by atoms with van der Waals surface area (Å²) in [5, 5.41) is 13.8. The molecule has 1 aromatic heterocycles. The number of aliphatic hydroxyl groups is 1. The first-order valence-electron chi connectivity index (χ1n) is 6.14. The molecule has 0 amide bonds. The van der Waals surface area contributed by atoms with Crippen LogP contribution in [-0.2, 0) is 13.6 Å². The fourth-order valence-corrected chi connectivity index (χ4v) is 2.58. The Kier molecular flexibility index (Phi) is 4.74. The molecule has 1 N–H and O–H groups in total. The lowest BCUT2D eigenvalue weighted by Crippen LogP contribution is -2.26. The lowest BCUT2D eigenvalue weighted by atomic mass is 10.1. The van der Waals surface area contributed by atoms with Gasteiger partial charge in [0.2, 0.25) is 0 Å². The zero-order valence-corrected chi connectivity index (χ0v) is 12.7. The Bertz CT molecular complexity index is 541. The number of hydrogen-bond donors (Lipinski definition) is 1. The molecule has 102 valence electrons. The van der Waals surface area contributed by atoms with Crippen molar-refractivity contribution in [2.24, 2.45) is 7.05 Å². The van der Waals surface area contributed by atoms with E-state index in [1.807, 2.05) is 50.8 Å². The summed E-state index contributed by atoms with van der Waals surface area (Å²) in [7, 11) is 3.91. The minimum Gasteiger partial charge on any atom is -0.394 e. The summed E-state index contributed by atoms with van der Waals surface area (Å²) in [5.41, 5.74) is 2.24. The van der Waals surface area contributed by atoms with Crippen LogP contribution >= 0.6 is 15.9 Å². The number of rotatable bonds is 5. The molecule has 19 heavy (non-hydrogen) atoms. The topological polar surface area (TPSA) is 41.3 Å². The van der Waals surface area contributed by atoms with Crippen molar-refractivity contribution in [1.29, 1.82) is 0 Å². The average Bonchev–Trinajstić information content (AvgIpc) is 2.75. The minimum absolute atomic E-state index is 0.0160. The Morgan fingerprint density at radius 2 is 2.26 bits per heavy atom. The monoisotopic (exact) mass is 323 g/mol. The van der Waals surface area contributed by atoms with E-state index in [2.05, 4.69) is 25.9 Å². The molecule has 1 aromatic carbocycles. The largest absolute Gasteiger partial charge is 0.394 e. The van der Waals surface area contributed by atoms with E-state index in [9.17, 15) is 5.11 Å². The van der Waals surface area contributed by atoms with Crippen LogP contribution in [0.2, 0.25) is 0 Å². The van der Waals surface area contributed by atoms with Gasteiger partial charge >= 0.3 is 0 Å². The molecule has 0 aliphatic carbocycles. The Balaban J connectivity index is 2.12. The summed E-state index contributed by atoms with van der Waals surface area (Å²) < 4.78 is 2.81. The number of aliphatic hydroxyl groups excluding tert-OH is 1. The van der Waals surface area contributed by atoms with Crippen molar-refractivity contribution < 1.29 is 5.11 Å². The van der Waals surface area contributed by atoms with Crippen LogP contribution in [0, 0.1) is 0 Å². The van der Waals surface area contributed by atoms with Crippen LogP contribution in [0.1, 0.15) is 17.2 Å². The highest BCUT2D eigenvalue weighted by Gasteiger charge is 2.17. The van der Waals surface area contributed by atoms with Crippen LogP contribution in [0.3, 0.4) is 0 Å². The second kappa shape index (κ2) is 6.32. The summed E-state index contributed by atoms with van der Waals surface area (Å²) >= 11 is 3.47. The van der Waals surface area contributed by atoms with E-state index in [1.54, 1.807) is 4.68 Å². The van der Waals surface area contributed by atoms with Crippen molar-refractivity contribution in [3.63, 3.8) is 0 Å². The number of hydrogen-bond acceptors (Lipinski definition) is 3. The molecule has 0 unspecified atom stereocenters. The molecule has 0 spiro atoms. The molecule has 0 aliphatic heterocycles. The van der Waals surface area contributed by atoms with Gasteiger partial charge in [0.1, 0.15) is 0 Å². The predicted octanol–water partition coefficient (Wildman–Crippen LogP) is 2.35. The van der Waals surface area contributed by atoms with Crippen molar-refractivity contribution >= 4 is 15.9 Å². The molecule has 0 saturated carbocycles. The fraction of sp³-hybridized carbons (Fsp3) is 0.357. The first kappa shape index (κ1) is 14.2. The smallest absolute Gasteiger partial charge is 0.0628 e. The number of aryl methyl sites for hydroxylation is 1. The molecule has 0 saturated heterocycles. The molecule has 0 aliphatic rings. The zero-order valence-electron chi connectivity index (χ0n) is 11.1. The van der Waals surface area contributed by atoms with Gasteiger partial charge in [-0.3, -0.25) is 9.58 Å². The molecular formula is C14H18BrN3O. The number of benzene rings is 1. The Morgan fingerprint density at radius 3 is 2.84 bits per heavy atom. The van der Waals surface area contributed by atoms with Crippen LogP contribution in [-0.4, -0.2) is 33.4 Å². The van der Waals surface area contributed by atoms with Gasteiger partial charge in [-0.1, -0.05) is 28.1 Å². The van der Waals surface area contributed by atoms with Crippen molar-refractivity contribution in [3.8, 4) is 0 Å². The number of halogens is 1. The van der Waals surface area contributed by atoms with Crippen molar-refractivity contribution in [1.82, 2.24) is 14.7 Å². The first-order valence-corrected chi connectivity index (χ1v) is 6.93. The van der Waals surface area contributed by atoms with E-state index >= 15 is 0 Å². The minimum atomic E-state index is -0.0160. The van der Waals surface area contributed by atoms with E-state index in [-0.39, 0.29) is 12.6 Å². The molecule has 1 heterocycles. The van der Waals surface area contributed by atoms with Crippen LogP contribution in [0.25, 0.3) is 0 Å². The first-order chi connectivity index (χ1) is 9.10. The Hall–Kier alpha value is -1.17. The summed E-state index contributed by atoms with van der Waals surface area (Å²) in [4.78, 5) is 2.12. The van der Waals surface area contributed by atoms with E-state index in [1.165, 1.54) is 0 Å². The van der Waals surface area contributed by atoms with Gasteiger partial charge in [0, 0.05) is 29.8 Å². The van der Waals surface area contributed by atoms with Crippen LogP contribution < -0.4 is 0 Å². The Morgan fingerprint density at radius 1 is 1.47 bits per heavy atom. The lowest BCUT2D eigenvalue weighted by Gasteiger charge is -2.26. The molecule has 0 bridgehead atoms. The lowest BCUT2D eigenvalue weighted by molar-refractivity contribution is 0.142. The third-order valence-corrected chi connectivity index (χ3v) is 3.62. The second-order valence-corrected chi connectivity index (χ2v) is 5.61. The van der Waals surface area contributed by atoms with Gasteiger partial charge in [-0.15, -0.1) is 0 Å². The van der Waals surface area contributed by atoms with E-state index in [0.717, 1.165) is 22.1 Å².